The zero-order chi connectivity index (χ0) is 9.42. The Kier molecular flexibility index (Phi) is 1.91. The molecule has 1 aliphatic rings. The van der Waals surface area contributed by atoms with Crippen LogP contribution in [0.15, 0.2) is 18.2 Å². The Balaban J connectivity index is 2.37. The lowest BCUT2D eigenvalue weighted by Crippen LogP contribution is -2.04. The molecule has 0 heterocycles. The molecule has 1 aromatic rings. The summed E-state index contributed by atoms with van der Waals surface area (Å²) in [5.74, 6) is -0.0490. The topological polar surface area (TPSA) is 17.1 Å². The minimum atomic E-state index is -0.324. The predicted molar refractivity (Wildman–Crippen MR) is 48.2 cm³/mol. The monoisotopic (exact) mass is 178 g/mol. The second kappa shape index (κ2) is 2.95. The van der Waals surface area contributed by atoms with Gasteiger partial charge in [-0.05, 0) is 37.5 Å². The highest BCUT2D eigenvalue weighted by Gasteiger charge is 2.31. The van der Waals surface area contributed by atoms with Crippen LogP contribution in [-0.2, 0) is 0 Å². The molecule has 1 fully saturated rings. The number of hydrogen-bond donors (Lipinski definition) is 0. The van der Waals surface area contributed by atoms with Crippen LogP contribution in [0.25, 0.3) is 0 Å². The van der Waals surface area contributed by atoms with E-state index in [2.05, 4.69) is 0 Å². The summed E-state index contributed by atoms with van der Waals surface area (Å²) in [5, 5.41) is 0. The standard InChI is InChI=1S/C11H11FO/c1-7-2-5-9(12)6-10(7)11(13)8-3-4-8/h2,5-6,8H,3-4H2,1H3. The molecule has 0 spiro atoms. The smallest absolute Gasteiger partial charge is 0.166 e. The molecule has 1 aliphatic carbocycles. The van der Waals surface area contributed by atoms with E-state index in [4.69, 9.17) is 0 Å². The van der Waals surface area contributed by atoms with E-state index in [1.54, 1.807) is 6.07 Å². The van der Waals surface area contributed by atoms with Gasteiger partial charge in [0.1, 0.15) is 5.82 Å². The fraction of sp³-hybridized carbons (Fsp3) is 0.364. The van der Waals surface area contributed by atoms with Gasteiger partial charge in [-0.1, -0.05) is 6.07 Å². The van der Waals surface area contributed by atoms with E-state index in [0.717, 1.165) is 18.4 Å². The van der Waals surface area contributed by atoms with Crippen LogP contribution in [0, 0.1) is 18.7 Å². The van der Waals surface area contributed by atoms with Crippen LogP contribution in [0.2, 0.25) is 0 Å². The molecule has 1 nitrogen and oxygen atoms in total. The average Bonchev–Trinajstić information content (AvgIpc) is 2.91. The lowest BCUT2D eigenvalue weighted by molar-refractivity contribution is 0.0966. The molecule has 1 saturated carbocycles. The molecule has 13 heavy (non-hydrogen) atoms. The van der Waals surface area contributed by atoms with Gasteiger partial charge in [-0.2, -0.15) is 0 Å². The van der Waals surface area contributed by atoms with E-state index in [9.17, 15) is 9.18 Å². The predicted octanol–water partition coefficient (Wildman–Crippen LogP) is 2.73. The van der Waals surface area contributed by atoms with Crippen molar-refractivity contribution in [3.8, 4) is 0 Å². The summed E-state index contributed by atoms with van der Waals surface area (Å²) >= 11 is 0. The van der Waals surface area contributed by atoms with Crippen molar-refractivity contribution >= 4 is 5.78 Å². The lowest BCUT2D eigenvalue weighted by atomic mass is 10.0. The summed E-state index contributed by atoms with van der Waals surface area (Å²) < 4.78 is 12.8. The van der Waals surface area contributed by atoms with Gasteiger partial charge in [0.25, 0.3) is 0 Å². The van der Waals surface area contributed by atoms with Crippen molar-refractivity contribution in [2.75, 3.05) is 0 Å². The van der Waals surface area contributed by atoms with Crippen LogP contribution < -0.4 is 0 Å². The van der Waals surface area contributed by atoms with Crippen molar-refractivity contribution in [2.24, 2.45) is 5.92 Å². The molecule has 0 amide bonds. The molecule has 0 radical (unpaired) electrons. The molecule has 2 heteroatoms. The number of halogens is 1. The molecule has 68 valence electrons. The maximum absolute atomic E-state index is 12.8. The van der Waals surface area contributed by atoms with Gasteiger partial charge in [0.05, 0.1) is 0 Å². The molecule has 0 atom stereocenters. The SMILES string of the molecule is Cc1ccc(F)cc1C(=O)C1CC1. The molecular formula is C11H11FO. The number of hydrogen-bond acceptors (Lipinski definition) is 1. The van der Waals surface area contributed by atoms with Crippen LogP contribution >= 0.6 is 0 Å². The van der Waals surface area contributed by atoms with Crippen LogP contribution in [0.5, 0.6) is 0 Å². The second-order valence-corrected chi connectivity index (χ2v) is 3.60. The van der Waals surface area contributed by atoms with Crippen LogP contribution in [0.4, 0.5) is 4.39 Å². The summed E-state index contributed by atoms with van der Waals surface area (Å²) in [6, 6.07) is 4.39. The highest BCUT2D eigenvalue weighted by molar-refractivity contribution is 6.00. The number of carbonyl (C=O) groups is 1. The lowest BCUT2D eigenvalue weighted by Gasteiger charge is -2.02. The van der Waals surface area contributed by atoms with E-state index in [1.165, 1.54) is 12.1 Å². The number of ketones is 1. The molecule has 2 rings (SSSR count). The molecule has 0 bridgehead atoms. The highest BCUT2D eigenvalue weighted by Crippen LogP contribution is 2.33. The summed E-state index contributed by atoms with van der Waals surface area (Å²) in [5.41, 5.74) is 1.43. The quantitative estimate of drug-likeness (QED) is 0.636. The Hall–Kier alpha value is -1.18. The first-order chi connectivity index (χ1) is 6.18. The van der Waals surface area contributed by atoms with Crippen molar-refractivity contribution in [1.82, 2.24) is 0 Å². The Morgan fingerprint density at radius 1 is 1.46 bits per heavy atom. The van der Waals surface area contributed by atoms with Crippen molar-refractivity contribution in [2.45, 2.75) is 19.8 Å². The Morgan fingerprint density at radius 2 is 2.15 bits per heavy atom. The van der Waals surface area contributed by atoms with Crippen molar-refractivity contribution in [3.63, 3.8) is 0 Å². The normalized spacial score (nSPS) is 15.8. The molecular weight excluding hydrogens is 167 g/mol. The zero-order valence-electron chi connectivity index (χ0n) is 7.51. The van der Waals surface area contributed by atoms with Gasteiger partial charge in [-0.15, -0.1) is 0 Å². The number of Topliss-reactive ketones (excluding diaryl/α,β-unsaturated/α-hetero) is 1. The van der Waals surface area contributed by atoms with Crippen molar-refractivity contribution in [3.05, 3.63) is 35.1 Å². The van der Waals surface area contributed by atoms with Crippen LogP contribution in [0.3, 0.4) is 0 Å². The Morgan fingerprint density at radius 3 is 2.77 bits per heavy atom. The van der Waals surface area contributed by atoms with Gasteiger partial charge in [-0.3, -0.25) is 4.79 Å². The average molecular weight is 178 g/mol. The van der Waals surface area contributed by atoms with E-state index in [0.29, 0.717) is 5.56 Å². The maximum Gasteiger partial charge on any atom is 0.166 e. The third-order valence-electron chi connectivity index (χ3n) is 2.41. The maximum atomic E-state index is 12.8. The third-order valence-corrected chi connectivity index (χ3v) is 2.41. The van der Waals surface area contributed by atoms with Crippen LogP contribution in [-0.4, -0.2) is 5.78 Å². The first-order valence-corrected chi connectivity index (χ1v) is 4.49. The molecule has 0 N–H and O–H groups in total. The fourth-order valence-corrected chi connectivity index (χ4v) is 1.43. The first kappa shape index (κ1) is 8.42. The largest absolute Gasteiger partial charge is 0.294 e. The zero-order valence-corrected chi connectivity index (χ0v) is 7.51. The van der Waals surface area contributed by atoms with Crippen molar-refractivity contribution < 1.29 is 9.18 Å². The van der Waals surface area contributed by atoms with Crippen molar-refractivity contribution in [1.29, 1.82) is 0 Å². The van der Waals surface area contributed by atoms with E-state index < -0.39 is 0 Å². The minimum absolute atomic E-state index is 0.108. The molecule has 0 unspecified atom stereocenters. The highest BCUT2D eigenvalue weighted by atomic mass is 19.1. The van der Waals surface area contributed by atoms with Gasteiger partial charge >= 0.3 is 0 Å². The Labute approximate surface area is 76.6 Å². The van der Waals surface area contributed by atoms with E-state index >= 15 is 0 Å². The van der Waals surface area contributed by atoms with Gasteiger partial charge in [0.15, 0.2) is 5.78 Å². The molecule has 0 aliphatic heterocycles. The number of rotatable bonds is 2. The fourth-order valence-electron chi connectivity index (χ4n) is 1.43. The number of benzene rings is 1. The van der Waals surface area contributed by atoms with E-state index in [1.807, 2.05) is 6.92 Å². The van der Waals surface area contributed by atoms with Gasteiger partial charge < -0.3 is 0 Å². The molecule has 0 saturated heterocycles. The van der Waals surface area contributed by atoms with Crippen LogP contribution in [0.1, 0.15) is 28.8 Å². The minimum Gasteiger partial charge on any atom is -0.294 e. The number of aryl methyl sites for hydroxylation is 1. The van der Waals surface area contributed by atoms with Gasteiger partial charge in [-0.25, -0.2) is 4.39 Å². The number of carbonyl (C=O) groups excluding carboxylic acids is 1. The second-order valence-electron chi connectivity index (χ2n) is 3.60. The molecule has 1 aromatic carbocycles. The Bertz CT molecular complexity index is 353. The summed E-state index contributed by atoms with van der Waals surface area (Å²) in [6.45, 7) is 1.84. The summed E-state index contributed by atoms with van der Waals surface area (Å²) in [4.78, 5) is 11.6. The summed E-state index contributed by atoms with van der Waals surface area (Å²) in [7, 11) is 0. The third kappa shape index (κ3) is 1.62. The van der Waals surface area contributed by atoms with E-state index in [-0.39, 0.29) is 17.5 Å². The van der Waals surface area contributed by atoms with Gasteiger partial charge in [0, 0.05) is 11.5 Å². The first-order valence-electron chi connectivity index (χ1n) is 4.49. The molecule has 0 aromatic heterocycles. The summed E-state index contributed by atoms with van der Waals surface area (Å²) in [6.07, 6.45) is 1.93. The van der Waals surface area contributed by atoms with Gasteiger partial charge in [0.2, 0.25) is 0 Å².